The SMILES string of the molecule is Cc1cncc(Oc2cnc3c(c2Cc2ccc(C(F)(F)F)nc2)c(=O)n(CCCO)c(=O)n3C)c1. The highest BCUT2D eigenvalue weighted by Crippen LogP contribution is 2.31. The maximum Gasteiger partial charge on any atom is 0.433 e. The first-order valence-electron chi connectivity index (χ1n) is 10.9. The molecule has 4 aromatic heterocycles. The molecule has 9 nitrogen and oxygen atoms in total. The Hall–Kier alpha value is -4.06. The quantitative estimate of drug-likeness (QED) is 0.414. The Morgan fingerprint density at radius 2 is 1.86 bits per heavy atom. The zero-order valence-electron chi connectivity index (χ0n) is 19.4. The molecule has 12 heteroatoms. The van der Waals surface area contributed by atoms with E-state index in [0.29, 0.717) is 16.9 Å². The second kappa shape index (κ2) is 9.90. The number of hydrogen-bond donors (Lipinski definition) is 1. The molecule has 36 heavy (non-hydrogen) atoms. The molecule has 4 rings (SSSR count). The zero-order chi connectivity index (χ0) is 26.0. The van der Waals surface area contributed by atoms with Crippen molar-refractivity contribution in [2.75, 3.05) is 6.61 Å². The molecule has 0 bridgehead atoms. The lowest BCUT2D eigenvalue weighted by Gasteiger charge is -2.16. The lowest BCUT2D eigenvalue weighted by Crippen LogP contribution is -2.40. The van der Waals surface area contributed by atoms with E-state index in [-0.39, 0.29) is 42.8 Å². The van der Waals surface area contributed by atoms with Gasteiger partial charge in [-0.05, 0) is 36.6 Å². The third-order valence-corrected chi connectivity index (χ3v) is 5.54. The summed E-state index contributed by atoms with van der Waals surface area (Å²) in [6.07, 6.45) is 1.11. The number of aliphatic hydroxyl groups is 1. The molecule has 4 heterocycles. The molecule has 4 aromatic rings. The summed E-state index contributed by atoms with van der Waals surface area (Å²) in [6.45, 7) is 1.58. The summed E-state index contributed by atoms with van der Waals surface area (Å²) in [5.41, 5.74) is -0.664. The fraction of sp³-hybridized carbons (Fsp3) is 0.292. The van der Waals surface area contributed by atoms with Crippen LogP contribution in [0.2, 0.25) is 0 Å². The lowest BCUT2D eigenvalue weighted by atomic mass is 10.0. The number of aliphatic hydroxyl groups excluding tert-OH is 1. The molecule has 0 aliphatic heterocycles. The van der Waals surface area contributed by atoms with Crippen LogP contribution in [0.1, 0.15) is 28.8 Å². The number of aryl methyl sites for hydroxylation is 2. The standard InChI is InChI=1S/C24H22F3N5O4/c1-14-8-16(12-28-10-14)36-18-13-30-21-20(22(34)32(6-3-7-33)23(35)31(21)2)17(18)9-15-4-5-19(29-11-15)24(25,26)27/h4-5,8,10-13,33H,3,6-7,9H2,1-2H3. The Balaban J connectivity index is 1.93. The van der Waals surface area contributed by atoms with E-state index in [2.05, 4.69) is 15.0 Å². The minimum atomic E-state index is -4.59. The molecule has 0 unspecified atom stereocenters. The van der Waals surface area contributed by atoms with Gasteiger partial charge in [0.25, 0.3) is 5.56 Å². The first-order valence-corrected chi connectivity index (χ1v) is 10.9. The maximum absolute atomic E-state index is 13.5. The summed E-state index contributed by atoms with van der Waals surface area (Å²) in [6, 6.07) is 3.85. The molecule has 0 atom stereocenters. The molecule has 0 aliphatic rings. The average molecular weight is 501 g/mol. The van der Waals surface area contributed by atoms with Crippen LogP contribution in [0.25, 0.3) is 11.0 Å². The minimum absolute atomic E-state index is 0.0216. The molecule has 0 fully saturated rings. The molecule has 0 amide bonds. The highest BCUT2D eigenvalue weighted by Gasteiger charge is 2.32. The lowest BCUT2D eigenvalue weighted by molar-refractivity contribution is -0.141. The molecular weight excluding hydrogens is 479 g/mol. The summed E-state index contributed by atoms with van der Waals surface area (Å²) in [4.78, 5) is 38.1. The van der Waals surface area contributed by atoms with E-state index < -0.39 is 23.1 Å². The van der Waals surface area contributed by atoms with Crippen LogP contribution < -0.4 is 16.0 Å². The van der Waals surface area contributed by atoms with Crippen LogP contribution in [0.5, 0.6) is 11.5 Å². The van der Waals surface area contributed by atoms with E-state index in [4.69, 9.17) is 4.74 Å². The van der Waals surface area contributed by atoms with Gasteiger partial charge in [0.05, 0.1) is 17.8 Å². The van der Waals surface area contributed by atoms with Crippen LogP contribution in [0.15, 0.2) is 52.6 Å². The van der Waals surface area contributed by atoms with E-state index in [1.165, 1.54) is 30.1 Å². The van der Waals surface area contributed by atoms with Crippen molar-refractivity contribution >= 4 is 11.0 Å². The van der Waals surface area contributed by atoms with E-state index >= 15 is 0 Å². The molecule has 0 saturated carbocycles. The van der Waals surface area contributed by atoms with Crippen molar-refractivity contribution in [3.8, 4) is 11.5 Å². The summed E-state index contributed by atoms with van der Waals surface area (Å²) in [5.74, 6) is 0.549. The molecule has 1 N–H and O–H groups in total. The molecule has 0 aromatic carbocycles. The first kappa shape index (κ1) is 25.0. The number of ether oxygens (including phenoxy) is 1. The van der Waals surface area contributed by atoms with Gasteiger partial charge >= 0.3 is 11.9 Å². The van der Waals surface area contributed by atoms with Crippen LogP contribution in [0, 0.1) is 6.92 Å². The molecule has 188 valence electrons. The van der Waals surface area contributed by atoms with Gasteiger partial charge in [0.15, 0.2) is 0 Å². The third-order valence-electron chi connectivity index (χ3n) is 5.54. The predicted molar refractivity (Wildman–Crippen MR) is 124 cm³/mol. The molecule has 0 aliphatic carbocycles. The van der Waals surface area contributed by atoms with Crippen LogP contribution in [-0.4, -0.2) is 35.8 Å². The van der Waals surface area contributed by atoms with E-state index in [1.54, 1.807) is 12.3 Å². The Kier molecular flexibility index (Phi) is 6.88. The van der Waals surface area contributed by atoms with Gasteiger partial charge in [-0.2, -0.15) is 13.2 Å². The molecule has 0 saturated heterocycles. The van der Waals surface area contributed by atoms with Gasteiger partial charge in [0.1, 0.15) is 22.8 Å². The number of fused-ring (bicyclic) bond motifs is 1. The van der Waals surface area contributed by atoms with Gasteiger partial charge in [-0.15, -0.1) is 0 Å². The van der Waals surface area contributed by atoms with Gasteiger partial charge in [-0.1, -0.05) is 6.07 Å². The molecular formula is C24H22F3N5O4. The normalized spacial score (nSPS) is 11.7. The van der Waals surface area contributed by atoms with Crippen molar-refractivity contribution in [2.45, 2.75) is 32.5 Å². The Labute approximate surface area is 202 Å². The summed E-state index contributed by atoms with van der Waals surface area (Å²) in [5, 5.41) is 9.28. The van der Waals surface area contributed by atoms with Gasteiger partial charge in [-0.25, -0.2) is 9.78 Å². The second-order valence-electron chi connectivity index (χ2n) is 8.20. The third kappa shape index (κ3) is 4.98. The number of rotatable bonds is 7. The highest BCUT2D eigenvalue weighted by molar-refractivity contribution is 5.81. The second-order valence-corrected chi connectivity index (χ2v) is 8.20. The summed E-state index contributed by atoms with van der Waals surface area (Å²) < 4.78 is 47.1. The first-order chi connectivity index (χ1) is 17.1. The minimum Gasteiger partial charge on any atom is -0.454 e. The number of hydrogen-bond acceptors (Lipinski definition) is 7. The van der Waals surface area contributed by atoms with Crippen LogP contribution in [0.3, 0.4) is 0 Å². The highest BCUT2D eigenvalue weighted by atomic mass is 19.4. The Morgan fingerprint density at radius 3 is 2.50 bits per heavy atom. The van der Waals surface area contributed by atoms with E-state index in [9.17, 15) is 27.9 Å². The van der Waals surface area contributed by atoms with Crippen molar-refractivity contribution < 1.29 is 23.0 Å². The largest absolute Gasteiger partial charge is 0.454 e. The van der Waals surface area contributed by atoms with Crippen molar-refractivity contribution in [1.82, 2.24) is 24.1 Å². The fourth-order valence-electron chi connectivity index (χ4n) is 3.79. The van der Waals surface area contributed by atoms with Gasteiger partial charge in [-0.3, -0.25) is 23.9 Å². The van der Waals surface area contributed by atoms with Gasteiger partial charge < -0.3 is 9.84 Å². The fourth-order valence-corrected chi connectivity index (χ4v) is 3.79. The Bertz CT molecular complexity index is 1530. The van der Waals surface area contributed by atoms with E-state index in [1.807, 2.05) is 6.92 Å². The predicted octanol–water partition coefficient (Wildman–Crippen LogP) is 2.98. The van der Waals surface area contributed by atoms with Gasteiger partial charge in [0.2, 0.25) is 0 Å². The smallest absolute Gasteiger partial charge is 0.433 e. The monoisotopic (exact) mass is 501 g/mol. The number of nitrogens with zero attached hydrogens (tertiary/aromatic N) is 5. The van der Waals surface area contributed by atoms with E-state index in [0.717, 1.165) is 22.4 Å². The molecule has 0 spiro atoms. The number of aromatic nitrogens is 5. The van der Waals surface area contributed by atoms with Gasteiger partial charge in [0, 0.05) is 44.6 Å². The Morgan fingerprint density at radius 1 is 1.08 bits per heavy atom. The van der Waals surface area contributed by atoms with Crippen molar-refractivity contribution in [3.63, 3.8) is 0 Å². The topological polar surface area (TPSA) is 112 Å². The summed E-state index contributed by atoms with van der Waals surface area (Å²) in [7, 11) is 1.46. The van der Waals surface area contributed by atoms with Crippen molar-refractivity contribution in [2.24, 2.45) is 7.05 Å². The zero-order valence-corrected chi connectivity index (χ0v) is 19.4. The van der Waals surface area contributed by atoms with Crippen LogP contribution >= 0.6 is 0 Å². The maximum atomic E-state index is 13.5. The molecule has 0 radical (unpaired) electrons. The average Bonchev–Trinajstić information content (AvgIpc) is 2.83. The van der Waals surface area contributed by atoms with Crippen LogP contribution in [0.4, 0.5) is 13.2 Å². The number of halogens is 3. The van der Waals surface area contributed by atoms with Crippen molar-refractivity contribution in [1.29, 1.82) is 0 Å². The summed E-state index contributed by atoms with van der Waals surface area (Å²) >= 11 is 0. The van der Waals surface area contributed by atoms with Crippen LogP contribution in [-0.2, 0) is 26.2 Å². The van der Waals surface area contributed by atoms with Crippen molar-refractivity contribution in [3.05, 3.63) is 86.2 Å². The number of alkyl halides is 3. The number of pyridine rings is 3.